The summed E-state index contributed by atoms with van der Waals surface area (Å²) in [6.45, 7) is 9.49. The van der Waals surface area contributed by atoms with E-state index in [9.17, 15) is 0 Å². The molecule has 0 aromatic rings. The van der Waals surface area contributed by atoms with Gasteiger partial charge >= 0.3 is 0 Å². The van der Waals surface area contributed by atoms with Gasteiger partial charge in [-0.1, -0.05) is 17.7 Å². The quantitative estimate of drug-likeness (QED) is 0.435. The van der Waals surface area contributed by atoms with Crippen LogP contribution in [0.25, 0.3) is 0 Å². The highest BCUT2D eigenvalue weighted by Gasteiger charge is 1.88. The molecule has 0 unspecified atom stereocenters. The van der Waals surface area contributed by atoms with Crippen LogP contribution in [-0.4, -0.2) is 0 Å². The third-order valence-electron chi connectivity index (χ3n) is 0.975. The van der Waals surface area contributed by atoms with Crippen molar-refractivity contribution >= 4 is 0 Å². The first-order valence-electron chi connectivity index (χ1n) is 3.48. The van der Waals surface area contributed by atoms with Gasteiger partial charge < -0.3 is 0 Å². The molecule has 0 aliphatic carbocycles. The summed E-state index contributed by atoms with van der Waals surface area (Å²) in [5.74, 6) is 0. The fraction of sp³-hybridized carbons (Fsp3) is 0.300. The maximum absolute atomic E-state index is 8.62. The maximum Gasteiger partial charge on any atom is 0.0991 e. The second kappa shape index (κ2) is 4.51. The van der Waals surface area contributed by atoms with Gasteiger partial charge in [-0.15, -0.1) is 0 Å². The number of hydrogen-bond acceptors (Lipinski definition) is 1. The predicted molar refractivity (Wildman–Crippen MR) is 47.9 cm³/mol. The van der Waals surface area contributed by atoms with Gasteiger partial charge in [0.1, 0.15) is 0 Å². The molecule has 0 aliphatic heterocycles. The molecule has 0 spiro atoms. The monoisotopic (exact) mass is 147 g/mol. The molecule has 58 valence electrons. The van der Waals surface area contributed by atoms with E-state index < -0.39 is 0 Å². The summed E-state index contributed by atoms with van der Waals surface area (Å²) in [4.78, 5) is 0. The van der Waals surface area contributed by atoms with E-state index in [0.29, 0.717) is 5.57 Å². The van der Waals surface area contributed by atoms with E-state index in [4.69, 9.17) is 5.26 Å². The van der Waals surface area contributed by atoms with Crippen LogP contribution in [0.3, 0.4) is 0 Å². The fourth-order valence-electron chi connectivity index (χ4n) is 0.683. The minimum absolute atomic E-state index is 0.664. The van der Waals surface area contributed by atoms with Crippen molar-refractivity contribution in [2.75, 3.05) is 0 Å². The van der Waals surface area contributed by atoms with E-state index in [1.807, 2.05) is 26.8 Å². The molecule has 1 nitrogen and oxygen atoms in total. The second-order valence-corrected chi connectivity index (χ2v) is 2.78. The van der Waals surface area contributed by atoms with Gasteiger partial charge in [0.25, 0.3) is 0 Å². The van der Waals surface area contributed by atoms with Crippen molar-refractivity contribution < 1.29 is 0 Å². The van der Waals surface area contributed by atoms with Gasteiger partial charge in [0.05, 0.1) is 11.6 Å². The van der Waals surface area contributed by atoms with Crippen molar-refractivity contribution in [3.8, 4) is 6.07 Å². The summed E-state index contributed by atoms with van der Waals surface area (Å²) in [7, 11) is 0. The Morgan fingerprint density at radius 3 is 2.09 bits per heavy atom. The molecule has 0 aromatic heterocycles. The van der Waals surface area contributed by atoms with Crippen molar-refractivity contribution in [2.24, 2.45) is 0 Å². The lowest BCUT2D eigenvalue weighted by Crippen LogP contribution is -1.75. The van der Waals surface area contributed by atoms with Gasteiger partial charge in [-0.3, -0.25) is 0 Å². The van der Waals surface area contributed by atoms with Crippen LogP contribution in [0.2, 0.25) is 0 Å². The summed E-state index contributed by atoms with van der Waals surface area (Å²) in [6.07, 6.45) is 3.61. The molecule has 0 saturated heterocycles. The average molecular weight is 147 g/mol. The average Bonchev–Trinajstić information content (AvgIpc) is 1.84. The number of hydrogen-bond donors (Lipinski definition) is 0. The molecule has 0 N–H and O–H groups in total. The van der Waals surface area contributed by atoms with Crippen LogP contribution < -0.4 is 0 Å². The smallest absolute Gasteiger partial charge is 0.0991 e. The van der Waals surface area contributed by atoms with Gasteiger partial charge in [-0.2, -0.15) is 5.26 Å². The molecule has 0 fully saturated rings. The molecule has 0 saturated carbocycles. The predicted octanol–water partition coefficient (Wildman–Crippen LogP) is 2.98. The van der Waals surface area contributed by atoms with Crippen LogP contribution in [0.1, 0.15) is 20.8 Å². The van der Waals surface area contributed by atoms with Crippen molar-refractivity contribution in [3.63, 3.8) is 0 Å². The Kier molecular flexibility index (Phi) is 3.98. The molecule has 0 bridgehead atoms. The number of nitrogens with zero attached hydrogens (tertiary/aromatic N) is 1. The summed E-state index contributed by atoms with van der Waals surface area (Å²) >= 11 is 0. The second-order valence-electron chi connectivity index (χ2n) is 2.78. The first-order chi connectivity index (χ1) is 5.06. The highest BCUT2D eigenvalue weighted by molar-refractivity contribution is 5.39. The zero-order valence-corrected chi connectivity index (χ0v) is 7.31. The lowest BCUT2D eigenvalue weighted by molar-refractivity contribution is 1.36. The molecule has 0 heterocycles. The van der Waals surface area contributed by atoms with Gasteiger partial charge in [-0.05, 0) is 32.9 Å². The molecule has 0 aromatic carbocycles. The van der Waals surface area contributed by atoms with Gasteiger partial charge in [-0.25, -0.2) is 0 Å². The van der Waals surface area contributed by atoms with E-state index in [-0.39, 0.29) is 0 Å². The van der Waals surface area contributed by atoms with Crippen molar-refractivity contribution in [1.29, 1.82) is 5.26 Å². The molecule has 0 amide bonds. The van der Waals surface area contributed by atoms with Crippen molar-refractivity contribution in [3.05, 3.63) is 35.5 Å². The Morgan fingerprint density at radius 1 is 1.27 bits per heavy atom. The van der Waals surface area contributed by atoms with Crippen LogP contribution in [-0.2, 0) is 0 Å². The summed E-state index contributed by atoms with van der Waals surface area (Å²) in [5.41, 5.74) is 2.69. The Bertz CT molecular complexity index is 245. The zero-order chi connectivity index (χ0) is 8.85. The molecule has 0 rings (SSSR count). The minimum atomic E-state index is 0.664. The Labute approximate surface area is 68.3 Å². The van der Waals surface area contributed by atoms with E-state index in [2.05, 4.69) is 12.6 Å². The minimum Gasteiger partial charge on any atom is -0.192 e. The normalized spacial score (nSPS) is 10.2. The van der Waals surface area contributed by atoms with Crippen LogP contribution in [0.5, 0.6) is 0 Å². The highest BCUT2D eigenvalue weighted by atomic mass is 14.2. The third kappa shape index (κ3) is 5.17. The van der Waals surface area contributed by atoms with Crippen LogP contribution >= 0.6 is 0 Å². The molecule has 0 radical (unpaired) electrons. The molecule has 0 atom stereocenters. The summed E-state index contributed by atoms with van der Waals surface area (Å²) in [5, 5.41) is 8.62. The van der Waals surface area contributed by atoms with Crippen LogP contribution in [0, 0.1) is 11.3 Å². The lowest BCUT2D eigenvalue weighted by atomic mass is 10.1. The van der Waals surface area contributed by atoms with Gasteiger partial charge in [0, 0.05) is 0 Å². The van der Waals surface area contributed by atoms with E-state index in [1.54, 1.807) is 6.08 Å². The number of allylic oxidation sites excluding steroid dienone is 5. The summed E-state index contributed by atoms with van der Waals surface area (Å²) in [6, 6.07) is 2.09. The van der Waals surface area contributed by atoms with Crippen LogP contribution in [0.15, 0.2) is 35.5 Å². The Morgan fingerprint density at radius 2 is 1.82 bits per heavy atom. The lowest BCUT2D eigenvalue weighted by Gasteiger charge is -1.90. The van der Waals surface area contributed by atoms with Crippen LogP contribution in [0.4, 0.5) is 0 Å². The molecular weight excluding hydrogens is 134 g/mol. The first-order valence-corrected chi connectivity index (χ1v) is 3.48. The van der Waals surface area contributed by atoms with E-state index >= 15 is 0 Å². The molecule has 1 heteroatoms. The maximum atomic E-state index is 8.62. The SMILES string of the molecule is C=C(C)/C=C(/C#N)C=C(C)C. The van der Waals surface area contributed by atoms with Crippen molar-refractivity contribution in [2.45, 2.75) is 20.8 Å². The Hall–Kier alpha value is -1.29. The molecular formula is C10H13N. The van der Waals surface area contributed by atoms with Gasteiger partial charge in [0.15, 0.2) is 0 Å². The number of rotatable bonds is 2. The largest absolute Gasteiger partial charge is 0.192 e. The third-order valence-corrected chi connectivity index (χ3v) is 0.975. The summed E-state index contributed by atoms with van der Waals surface area (Å²) < 4.78 is 0. The van der Waals surface area contributed by atoms with E-state index in [1.165, 1.54) is 0 Å². The highest BCUT2D eigenvalue weighted by Crippen LogP contribution is 2.03. The molecule has 11 heavy (non-hydrogen) atoms. The topological polar surface area (TPSA) is 23.8 Å². The van der Waals surface area contributed by atoms with Gasteiger partial charge in [0.2, 0.25) is 0 Å². The molecule has 0 aliphatic rings. The Balaban J connectivity index is 4.59. The fourth-order valence-corrected chi connectivity index (χ4v) is 0.683. The first kappa shape index (κ1) is 9.71. The number of nitriles is 1. The zero-order valence-electron chi connectivity index (χ0n) is 7.31. The van der Waals surface area contributed by atoms with E-state index in [0.717, 1.165) is 11.1 Å². The van der Waals surface area contributed by atoms with Crippen molar-refractivity contribution in [1.82, 2.24) is 0 Å². The standard InChI is InChI=1S/C10H13N/c1-8(2)5-10(7-11)6-9(3)4/h5-6H,1H2,2-4H3/b10-5+.